The van der Waals surface area contributed by atoms with Crippen LogP contribution in [0.15, 0.2) is 23.1 Å². The van der Waals surface area contributed by atoms with E-state index in [2.05, 4.69) is 5.32 Å². The van der Waals surface area contributed by atoms with E-state index in [4.69, 9.17) is 16.7 Å². The molecule has 1 saturated heterocycles. The summed E-state index contributed by atoms with van der Waals surface area (Å²) in [7, 11) is 0. The molecule has 0 saturated carbocycles. The zero-order valence-corrected chi connectivity index (χ0v) is 15.1. The van der Waals surface area contributed by atoms with E-state index in [1.165, 1.54) is 11.8 Å². The molecule has 2 amide bonds. The highest BCUT2D eigenvalue weighted by Crippen LogP contribution is 2.38. The van der Waals surface area contributed by atoms with Crippen LogP contribution in [0, 0.1) is 5.92 Å². The molecule has 1 unspecified atom stereocenters. The summed E-state index contributed by atoms with van der Waals surface area (Å²) < 4.78 is 0. The second-order valence-electron chi connectivity index (χ2n) is 6.36. The Bertz CT molecular complexity index is 704. The summed E-state index contributed by atoms with van der Waals surface area (Å²) in [5.41, 5.74) is 0.681. The van der Waals surface area contributed by atoms with Gasteiger partial charge in [-0.3, -0.25) is 14.4 Å². The first-order valence-corrected chi connectivity index (χ1v) is 9.45. The molecule has 134 valence electrons. The number of carboxylic acids is 1. The molecule has 8 heteroatoms. The summed E-state index contributed by atoms with van der Waals surface area (Å²) in [6, 6.07) is 5.31. The molecule has 0 bridgehead atoms. The average molecular weight is 383 g/mol. The Morgan fingerprint density at radius 2 is 2.00 bits per heavy atom. The Morgan fingerprint density at radius 3 is 2.68 bits per heavy atom. The van der Waals surface area contributed by atoms with E-state index in [-0.39, 0.29) is 30.6 Å². The summed E-state index contributed by atoms with van der Waals surface area (Å²) in [6.07, 6.45) is 1.69. The van der Waals surface area contributed by atoms with E-state index >= 15 is 0 Å². The van der Waals surface area contributed by atoms with E-state index in [9.17, 15) is 14.4 Å². The number of nitrogens with zero attached hydrogens (tertiary/aromatic N) is 1. The number of hydrogen-bond donors (Lipinski definition) is 2. The smallest absolute Gasteiger partial charge is 0.303 e. The quantitative estimate of drug-likeness (QED) is 0.836. The van der Waals surface area contributed by atoms with Crippen molar-refractivity contribution in [2.24, 2.45) is 5.92 Å². The van der Waals surface area contributed by atoms with Gasteiger partial charge in [-0.1, -0.05) is 11.6 Å². The van der Waals surface area contributed by atoms with Crippen molar-refractivity contribution in [2.45, 2.75) is 35.8 Å². The van der Waals surface area contributed by atoms with Crippen molar-refractivity contribution in [3.05, 3.63) is 23.2 Å². The summed E-state index contributed by atoms with van der Waals surface area (Å²) in [5, 5.41) is 11.7. The van der Waals surface area contributed by atoms with Crippen LogP contribution in [-0.2, 0) is 14.4 Å². The van der Waals surface area contributed by atoms with Crippen molar-refractivity contribution in [1.82, 2.24) is 4.90 Å². The molecule has 6 nitrogen and oxygen atoms in total. The van der Waals surface area contributed by atoms with Gasteiger partial charge in [0.25, 0.3) is 0 Å². The molecular formula is C17H19ClN2O4S. The summed E-state index contributed by atoms with van der Waals surface area (Å²) >= 11 is 7.31. The number of benzene rings is 1. The number of anilines is 1. The largest absolute Gasteiger partial charge is 0.481 e. The zero-order valence-electron chi connectivity index (χ0n) is 13.5. The standard InChI is InChI=1S/C17H19ClN2O4S/c18-11-1-2-13-12(8-11)19-17(24)14(25-13)9-15(21)20-5-3-10(4-6-20)7-16(22)23/h1-2,8,10,14H,3-7,9H2,(H,19,24)(H,22,23). The SMILES string of the molecule is O=C(O)CC1CCN(C(=O)CC2Sc3ccc(Cl)cc3NC2=O)CC1. The van der Waals surface area contributed by atoms with E-state index in [1.54, 1.807) is 17.0 Å². The lowest BCUT2D eigenvalue weighted by Crippen LogP contribution is -2.41. The fraction of sp³-hybridized carbons (Fsp3) is 0.471. The lowest BCUT2D eigenvalue weighted by atomic mass is 9.93. The maximum atomic E-state index is 12.5. The highest BCUT2D eigenvalue weighted by atomic mass is 35.5. The highest BCUT2D eigenvalue weighted by Gasteiger charge is 2.32. The molecule has 2 aliphatic heterocycles. The van der Waals surface area contributed by atoms with Gasteiger partial charge in [0.1, 0.15) is 0 Å². The van der Waals surface area contributed by atoms with Gasteiger partial charge in [-0.05, 0) is 37.0 Å². The van der Waals surface area contributed by atoms with Crippen molar-refractivity contribution < 1.29 is 19.5 Å². The van der Waals surface area contributed by atoms with Gasteiger partial charge in [0.05, 0.1) is 10.9 Å². The summed E-state index contributed by atoms with van der Waals surface area (Å²) in [5.74, 6) is -0.905. The lowest BCUT2D eigenvalue weighted by molar-refractivity contribution is -0.139. The molecule has 25 heavy (non-hydrogen) atoms. The number of nitrogens with one attached hydrogen (secondary N) is 1. The maximum absolute atomic E-state index is 12.5. The molecule has 1 aromatic rings. The fourth-order valence-electron chi connectivity index (χ4n) is 3.18. The van der Waals surface area contributed by atoms with Crippen LogP contribution in [-0.4, -0.2) is 46.1 Å². The van der Waals surface area contributed by atoms with Crippen LogP contribution in [0.1, 0.15) is 25.7 Å². The third-order valence-electron chi connectivity index (χ3n) is 4.55. The number of rotatable bonds is 4. The van der Waals surface area contributed by atoms with Gasteiger partial charge in [0.2, 0.25) is 11.8 Å². The molecule has 2 N–H and O–H groups in total. The van der Waals surface area contributed by atoms with Gasteiger partial charge in [-0.25, -0.2) is 0 Å². The van der Waals surface area contributed by atoms with Gasteiger partial charge in [0, 0.05) is 35.8 Å². The number of fused-ring (bicyclic) bond motifs is 1. The van der Waals surface area contributed by atoms with Crippen LogP contribution >= 0.6 is 23.4 Å². The number of thioether (sulfide) groups is 1. The summed E-state index contributed by atoms with van der Waals surface area (Å²) in [4.78, 5) is 38.2. The minimum atomic E-state index is -0.793. The Hall–Kier alpha value is -1.73. The Balaban J connectivity index is 1.56. The number of amides is 2. The minimum absolute atomic E-state index is 0.0566. The second-order valence-corrected chi connectivity index (χ2v) is 8.04. The monoisotopic (exact) mass is 382 g/mol. The van der Waals surface area contributed by atoms with Gasteiger partial charge in [-0.2, -0.15) is 0 Å². The highest BCUT2D eigenvalue weighted by molar-refractivity contribution is 8.01. The first-order valence-electron chi connectivity index (χ1n) is 8.19. The van der Waals surface area contributed by atoms with Gasteiger partial charge in [0.15, 0.2) is 0 Å². The molecule has 1 fully saturated rings. The minimum Gasteiger partial charge on any atom is -0.481 e. The molecule has 0 spiro atoms. The van der Waals surface area contributed by atoms with E-state index < -0.39 is 11.2 Å². The number of carbonyl (C=O) groups excluding carboxylic acids is 2. The number of likely N-dealkylation sites (tertiary alicyclic amines) is 1. The van der Waals surface area contributed by atoms with Gasteiger partial charge in [-0.15, -0.1) is 11.8 Å². The van der Waals surface area contributed by atoms with Crippen molar-refractivity contribution in [1.29, 1.82) is 0 Å². The number of carbonyl (C=O) groups is 3. The third kappa shape index (κ3) is 4.46. The first kappa shape index (κ1) is 18.1. The molecule has 1 atom stereocenters. The van der Waals surface area contributed by atoms with Crippen LogP contribution in [0.5, 0.6) is 0 Å². The molecular weight excluding hydrogens is 364 g/mol. The average Bonchev–Trinajstić information content (AvgIpc) is 2.56. The van der Waals surface area contributed by atoms with Gasteiger partial charge < -0.3 is 15.3 Å². The molecule has 2 aliphatic rings. The molecule has 0 aliphatic carbocycles. The van der Waals surface area contributed by atoms with Crippen molar-refractivity contribution in [3.8, 4) is 0 Å². The molecule has 0 aromatic heterocycles. The Labute approximate surface area is 154 Å². The first-order chi connectivity index (χ1) is 11.9. The molecule has 0 radical (unpaired) electrons. The number of halogens is 1. The van der Waals surface area contributed by atoms with Crippen molar-refractivity contribution in [2.75, 3.05) is 18.4 Å². The predicted molar refractivity (Wildman–Crippen MR) is 95.9 cm³/mol. The van der Waals surface area contributed by atoms with Crippen LogP contribution < -0.4 is 5.32 Å². The zero-order chi connectivity index (χ0) is 18.0. The van der Waals surface area contributed by atoms with Crippen molar-refractivity contribution in [3.63, 3.8) is 0 Å². The molecule has 1 aromatic carbocycles. The number of aliphatic carboxylic acids is 1. The van der Waals surface area contributed by atoms with Crippen LogP contribution in [0.25, 0.3) is 0 Å². The number of carboxylic acid groups (broad SMARTS) is 1. The number of hydrogen-bond acceptors (Lipinski definition) is 4. The predicted octanol–water partition coefficient (Wildman–Crippen LogP) is 2.86. The van der Waals surface area contributed by atoms with Crippen molar-refractivity contribution >= 4 is 46.8 Å². The maximum Gasteiger partial charge on any atom is 0.303 e. The van der Waals surface area contributed by atoms with E-state index in [1.807, 2.05) is 6.07 Å². The topological polar surface area (TPSA) is 86.7 Å². The number of piperidine rings is 1. The lowest BCUT2D eigenvalue weighted by Gasteiger charge is -2.32. The fourth-order valence-corrected chi connectivity index (χ4v) is 4.43. The Kier molecular flexibility index (Phi) is 5.54. The van der Waals surface area contributed by atoms with E-state index in [0.29, 0.717) is 36.6 Å². The summed E-state index contributed by atoms with van der Waals surface area (Å²) in [6.45, 7) is 1.12. The van der Waals surface area contributed by atoms with Gasteiger partial charge >= 0.3 is 5.97 Å². The second kappa shape index (κ2) is 7.66. The molecule has 2 heterocycles. The van der Waals surface area contributed by atoms with Crippen LogP contribution in [0.2, 0.25) is 5.02 Å². The molecule has 3 rings (SSSR count). The normalized spacial score (nSPS) is 20.8. The third-order valence-corrected chi connectivity index (χ3v) is 6.06. The van der Waals surface area contributed by atoms with E-state index in [0.717, 1.165) is 4.90 Å². The van der Waals surface area contributed by atoms with Crippen LogP contribution in [0.4, 0.5) is 5.69 Å². The van der Waals surface area contributed by atoms with Crippen LogP contribution in [0.3, 0.4) is 0 Å². The Morgan fingerprint density at radius 1 is 1.28 bits per heavy atom.